The number of amides is 1. The number of aromatic nitrogens is 1. The van der Waals surface area contributed by atoms with Gasteiger partial charge in [-0.2, -0.15) is 0 Å². The Morgan fingerprint density at radius 1 is 1.30 bits per heavy atom. The molecule has 1 aliphatic rings. The number of nitrogens with zero attached hydrogens (tertiary/aromatic N) is 1. The Bertz CT molecular complexity index is 662. The van der Waals surface area contributed by atoms with Crippen LogP contribution in [0.3, 0.4) is 0 Å². The van der Waals surface area contributed by atoms with Crippen molar-refractivity contribution in [3.8, 4) is 0 Å². The van der Waals surface area contributed by atoms with Crippen molar-refractivity contribution in [1.82, 2.24) is 9.88 Å². The fraction of sp³-hybridized carbons (Fsp3) is 0.333. The van der Waals surface area contributed by atoms with Crippen molar-refractivity contribution in [1.29, 1.82) is 0 Å². The molecule has 0 bridgehead atoms. The average molecular weight is 272 g/mol. The van der Waals surface area contributed by atoms with Gasteiger partial charge in [-0.05, 0) is 18.1 Å². The summed E-state index contributed by atoms with van der Waals surface area (Å²) in [6.07, 6.45) is 2.40. The van der Waals surface area contributed by atoms with Crippen molar-refractivity contribution in [2.45, 2.75) is 18.9 Å². The third-order valence-corrected chi connectivity index (χ3v) is 3.80. The molecule has 5 heteroatoms. The number of aliphatic hydroxyl groups is 1. The summed E-state index contributed by atoms with van der Waals surface area (Å²) in [4.78, 5) is 27.8. The van der Waals surface area contributed by atoms with Crippen LogP contribution in [0.2, 0.25) is 0 Å². The number of carbonyl (C=O) groups excluding carboxylic acids is 2. The molecule has 1 saturated heterocycles. The second-order valence-corrected chi connectivity index (χ2v) is 5.14. The Balaban J connectivity index is 1.85. The van der Waals surface area contributed by atoms with Crippen LogP contribution >= 0.6 is 0 Å². The van der Waals surface area contributed by atoms with E-state index in [-0.39, 0.29) is 37.3 Å². The SMILES string of the molecule is O=C1CC(=O)N(C(CO)Cc2c[nH]c3ccccc23)C1. The smallest absolute Gasteiger partial charge is 0.230 e. The zero-order chi connectivity index (χ0) is 14.1. The number of carbonyl (C=O) groups is 2. The average Bonchev–Trinajstić information content (AvgIpc) is 3.00. The number of benzene rings is 1. The monoisotopic (exact) mass is 272 g/mol. The van der Waals surface area contributed by atoms with Gasteiger partial charge >= 0.3 is 0 Å². The molecule has 1 unspecified atom stereocenters. The predicted molar refractivity (Wildman–Crippen MR) is 74.2 cm³/mol. The number of H-pyrrole nitrogens is 1. The summed E-state index contributed by atoms with van der Waals surface area (Å²) in [5.41, 5.74) is 2.08. The van der Waals surface area contributed by atoms with Gasteiger partial charge in [-0.25, -0.2) is 0 Å². The first kappa shape index (κ1) is 12.9. The molecule has 3 rings (SSSR count). The number of aromatic amines is 1. The third kappa shape index (κ3) is 2.20. The molecule has 0 spiro atoms. The highest BCUT2D eigenvalue weighted by atomic mass is 16.3. The van der Waals surface area contributed by atoms with Crippen LogP contribution < -0.4 is 0 Å². The molecule has 1 fully saturated rings. The topological polar surface area (TPSA) is 73.4 Å². The largest absolute Gasteiger partial charge is 0.394 e. The van der Waals surface area contributed by atoms with E-state index >= 15 is 0 Å². The molecule has 0 radical (unpaired) electrons. The van der Waals surface area contributed by atoms with E-state index in [0.717, 1.165) is 16.5 Å². The second kappa shape index (κ2) is 5.09. The molecular formula is C15H16N2O3. The van der Waals surface area contributed by atoms with E-state index in [1.165, 1.54) is 4.90 Å². The minimum atomic E-state index is -0.340. The highest BCUT2D eigenvalue weighted by Gasteiger charge is 2.32. The number of Topliss-reactive ketones (excluding diaryl/α,β-unsaturated/α-hetero) is 1. The number of likely N-dealkylation sites (tertiary alicyclic amines) is 1. The van der Waals surface area contributed by atoms with Crippen molar-refractivity contribution >= 4 is 22.6 Å². The molecule has 2 N–H and O–H groups in total. The maximum Gasteiger partial charge on any atom is 0.230 e. The number of hydrogen-bond donors (Lipinski definition) is 2. The van der Waals surface area contributed by atoms with Crippen LogP contribution in [-0.4, -0.2) is 45.9 Å². The number of rotatable bonds is 4. The van der Waals surface area contributed by atoms with Crippen LogP contribution in [0.5, 0.6) is 0 Å². The summed E-state index contributed by atoms with van der Waals surface area (Å²) in [6, 6.07) is 7.56. The zero-order valence-electron chi connectivity index (χ0n) is 11.0. The van der Waals surface area contributed by atoms with Gasteiger partial charge in [-0.3, -0.25) is 9.59 Å². The van der Waals surface area contributed by atoms with Crippen LogP contribution in [-0.2, 0) is 16.0 Å². The number of fused-ring (bicyclic) bond motifs is 1. The van der Waals surface area contributed by atoms with Crippen molar-refractivity contribution in [2.75, 3.05) is 13.2 Å². The van der Waals surface area contributed by atoms with E-state index in [1.54, 1.807) is 0 Å². The van der Waals surface area contributed by atoms with E-state index in [0.29, 0.717) is 6.42 Å². The molecule has 5 nitrogen and oxygen atoms in total. The van der Waals surface area contributed by atoms with Crippen LogP contribution in [0.1, 0.15) is 12.0 Å². The van der Waals surface area contributed by atoms with Gasteiger partial charge in [0, 0.05) is 17.1 Å². The summed E-state index contributed by atoms with van der Waals surface area (Å²) >= 11 is 0. The molecular weight excluding hydrogens is 256 g/mol. The summed E-state index contributed by atoms with van der Waals surface area (Å²) < 4.78 is 0. The number of para-hydroxylation sites is 1. The molecule has 1 atom stereocenters. The van der Waals surface area contributed by atoms with E-state index in [1.807, 2.05) is 30.5 Å². The Morgan fingerprint density at radius 2 is 2.10 bits per heavy atom. The molecule has 0 saturated carbocycles. The second-order valence-electron chi connectivity index (χ2n) is 5.14. The summed E-state index contributed by atoms with van der Waals surface area (Å²) in [5, 5.41) is 10.6. The zero-order valence-corrected chi connectivity index (χ0v) is 11.0. The first-order valence-electron chi connectivity index (χ1n) is 6.66. The molecule has 1 aromatic carbocycles. The van der Waals surface area contributed by atoms with Crippen molar-refractivity contribution in [2.24, 2.45) is 0 Å². The number of nitrogens with one attached hydrogen (secondary N) is 1. The fourth-order valence-electron chi connectivity index (χ4n) is 2.76. The quantitative estimate of drug-likeness (QED) is 0.811. The van der Waals surface area contributed by atoms with Crippen LogP contribution in [0.25, 0.3) is 10.9 Å². The maximum absolute atomic E-state index is 11.8. The van der Waals surface area contributed by atoms with Crippen LogP contribution in [0.4, 0.5) is 0 Å². The molecule has 0 aliphatic carbocycles. The maximum atomic E-state index is 11.8. The number of ketones is 1. The molecule has 104 valence electrons. The molecule has 2 heterocycles. The third-order valence-electron chi connectivity index (χ3n) is 3.80. The lowest BCUT2D eigenvalue weighted by molar-refractivity contribution is -0.130. The van der Waals surface area contributed by atoms with Crippen molar-refractivity contribution < 1.29 is 14.7 Å². The highest BCUT2D eigenvalue weighted by Crippen LogP contribution is 2.22. The lowest BCUT2D eigenvalue weighted by Crippen LogP contribution is -2.40. The first-order valence-corrected chi connectivity index (χ1v) is 6.66. The van der Waals surface area contributed by atoms with Crippen LogP contribution in [0.15, 0.2) is 30.5 Å². The van der Waals surface area contributed by atoms with Gasteiger partial charge in [0.25, 0.3) is 0 Å². The Morgan fingerprint density at radius 3 is 2.80 bits per heavy atom. The van der Waals surface area contributed by atoms with Gasteiger partial charge in [-0.15, -0.1) is 0 Å². The summed E-state index contributed by atoms with van der Waals surface area (Å²) in [6.45, 7) is -0.0229. The highest BCUT2D eigenvalue weighted by molar-refractivity contribution is 6.05. The van der Waals surface area contributed by atoms with E-state index in [9.17, 15) is 14.7 Å². The van der Waals surface area contributed by atoms with Gasteiger partial charge in [0.15, 0.2) is 5.78 Å². The summed E-state index contributed by atoms with van der Waals surface area (Å²) in [5.74, 6) is -0.263. The van der Waals surface area contributed by atoms with Gasteiger partial charge in [0.05, 0.1) is 25.6 Å². The molecule has 20 heavy (non-hydrogen) atoms. The summed E-state index contributed by atoms with van der Waals surface area (Å²) in [7, 11) is 0. The Labute approximate surface area is 116 Å². The molecule has 1 aliphatic heterocycles. The van der Waals surface area contributed by atoms with E-state index in [4.69, 9.17) is 0 Å². The lowest BCUT2D eigenvalue weighted by Gasteiger charge is -2.25. The standard InChI is InChI=1S/C15H16N2O3/c18-9-11(17-8-12(19)6-15(17)20)5-10-7-16-14-4-2-1-3-13(10)14/h1-4,7,11,16,18H,5-6,8-9H2. The van der Waals surface area contributed by atoms with Gasteiger partial charge in [0.1, 0.15) is 0 Å². The van der Waals surface area contributed by atoms with Crippen molar-refractivity contribution in [3.05, 3.63) is 36.0 Å². The van der Waals surface area contributed by atoms with E-state index in [2.05, 4.69) is 4.98 Å². The van der Waals surface area contributed by atoms with Gasteiger partial charge in [0.2, 0.25) is 5.91 Å². The van der Waals surface area contributed by atoms with E-state index < -0.39 is 0 Å². The lowest BCUT2D eigenvalue weighted by atomic mass is 10.0. The normalized spacial score (nSPS) is 17.1. The van der Waals surface area contributed by atoms with Crippen LogP contribution in [0, 0.1) is 0 Å². The van der Waals surface area contributed by atoms with Gasteiger partial charge < -0.3 is 15.0 Å². The first-order chi connectivity index (χ1) is 9.69. The number of hydrogen-bond acceptors (Lipinski definition) is 3. The number of aliphatic hydroxyl groups excluding tert-OH is 1. The van der Waals surface area contributed by atoms with Gasteiger partial charge in [-0.1, -0.05) is 18.2 Å². The minimum absolute atomic E-state index is 0.0373. The Kier molecular flexibility index (Phi) is 3.28. The minimum Gasteiger partial charge on any atom is -0.394 e. The molecule has 2 aromatic rings. The fourth-order valence-corrected chi connectivity index (χ4v) is 2.76. The van der Waals surface area contributed by atoms with Crippen molar-refractivity contribution in [3.63, 3.8) is 0 Å². The molecule has 1 aromatic heterocycles. The molecule has 1 amide bonds. The Hall–Kier alpha value is -2.14. The predicted octanol–water partition coefficient (Wildman–Crippen LogP) is 0.873.